The average molecular weight is 407 g/mol. The minimum atomic E-state index is -0.0320. The van der Waals surface area contributed by atoms with E-state index in [9.17, 15) is 9.59 Å². The van der Waals surface area contributed by atoms with Gasteiger partial charge in [-0.2, -0.15) is 0 Å². The lowest BCUT2D eigenvalue weighted by molar-refractivity contribution is -0.117. The number of rotatable bonds is 5. The number of hydrogen-bond acceptors (Lipinski definition) is 4. The maximum absolute atomic E-state index is 12.6. The van der Waals surface area contributed by atoms with Crippen LogP contribution in [-0.4, -0.2) is 56.5 Å². The zero-order chi connectivity index (χ0) is 21.1. The first-order valence-corrected chi connectivity index (χ1v) is 10.7. The van der Waals surface area contributed by atoms with Gasteiger partial charge in [-0.05, 0) is 61.9 Å². The first kappa shape index (κ1) is 20.4. The van der Waals surface area contributed by atoms with Crippen LogP contribution in [-0.2, 0) is 16.0 Å². The lowest BCUT2D eigenvalue weighted by Gasteiger charge is -2.34. The molecule has 2 fully saturated rings. The quantitative estimate of drug-likeness (QED) is 0.829. The van der Waals surface area contributed by atoms with Crippen molar-refractivity contribution in [2.45, 2.75) is 26.2 Å². The number of nitrogens with one attached hydrogen (secondary N) is 1. The fourth-order valence-electron chi connectivity index (χ4n) is 4.14. The molecule has 0 spiro atoms. The smallest absolute Gasteiger partial charge is 0.228 e. The number of benzene rings is 2. The highest BCUT2D eigenvalue weighted by molar-refractivity contribution is 5.96. The van der Waals surface area contributed by atoms with Gasteiger partial charge in [-0.1, -0.05) is 12.1 Å². The Bertz CT molecular complexity index is 917. The number of amides is 2. The third-order valence-electron chi connectivity index (χ3n) is 6.04. The van der Waals surface area contributed by atoms with E-state index in [0.717, 1.165) is 61.6 Å². The van der Waals surface area contributed by atoms with Gasteiger partial charge in [0.05, 0.1) is 6.42 Å². The summed E-state index contributed by atoms with van der Waals surface area (Å²) in [6, 6.07) is 14.0. The molecule has 2 aliphatic rings. The van der Waals surface area contributed by atoms with Crippen molar-refractivity contribution >= 4 is 28.9 Å². The summed E-state index contributed by atoms with van der Waals surface area (Å²) in [5.41, 5.74) is 5.00. The largest absolute Gasteiger partial charge is 0.369 e. The second kappa shape index (κ2) is 8.88. The van der Waals surface area contributed by atoms with Crippen molar-refractivity contribution < 1.29 is 9.59 Å². The topological polar surface area (TPSA) is 55.9 Å². The van der Waals surface area contributed by atoms with Gasteiger partial charge in [0, 0.05) is 56.2 Å². The highest BCUT2D eigenvalue weighted by Gasteiger charge is 2.21. The van der Waals surface area contributed by atoms with Crippen LogP contribution in [0.15, 0.2) is 42.5 Å². The van der Waals surface area contributed by atoms with Gasteiger partial charge in [0.15, 0.2) is 0 Å². The summed E-state index contributed by atoms with van der Waals surface area (Å²) in [6.07, 6.45) is 1.85. The molecule has 158 valence electrons. The van der Waals surface area contributed by atoms with E-state index in [0.29, 0.717) is 12.8 Å². The van der Waals surface area contributed by atoms with Crippen molar-refractivity contribution in [2.24, 2.45) is 0 Å². The number of aryl methyl sites for hydroxylation is 1. The summed E-state index contributed by atoms with van der Waals surface area (Å²) >= 11 is 0. The standard InChI is InChI=1S/C24H30N4O2/c1-18-16-21(27-14-12-26(2)13-15-27)9-10-22(18)25-23(29)17-19-5-7-20(8-6-19)28-11-3-4-24(28)30/h5-10,16H,3-4,11-15,17H2,1-2H3,(H,25,29). The predicted octanol–water partition coefficient (Wildman–Crippen LogP) is 3.05. The first-order chi connectivity index (χ1) is 14.5. The number of hydrogen-bond donors (Lipinski definition) is 1. The van der Waals surface area contributed by atoms with E-state index in [1.165, 1.54) is 5.69 Å². The van der Waals surface area contributed by atoms with Gasteiger partial charge in [0.25, 0.3) is 0 Å². The summed E-state index contributed by atoms with van der Waals surface area (Å²) in [6.45, 7) is 7.02. The van der Waals surface area contributed by atoms with Crippen molar-refractivity contribution in [1.29, 1.82) is 0 Å². The Morgan fingerprint density at radius 2 is 1.67 bits per heavy atom. The maximum atomic E-state index is 12.6. The summed E-state index contributed by atoms with van der Waals surface area (Å²) in [4.78, 5) is 31.0. The van der Waals surface area contributed by atoms with Gasteiger partial charge in [0.1, 0.15) is 0 Å². The molecule has 0 atom stereocenters. The van der Waals surface area contributed by atoms with E-state index in [2.05, 4.69) is 34.3 Å². The minimum absolute atomic E-state index is 0.0320. The molecule has 30 heavy (non-hydrogen) atoms. The number of carbonyl (C=O) groups excluding carboxylic acids is 2. The van der Waals surface area contributed by atoms with E-state index in [1.807, 2.05) is 42.2 Å². The molecule has 2 heterocycles. The molecule has 2 amide bonds. The predicted molar refractivity (Wildman–Crippen MR) is 121 cm³/mol. The third kappa shape index (κ3) is 4.65. The molecule has 0 aliphatic carbocycles. The number of carbonyl (C=O) groups is 2. The molecule has 2 saturated heterocycles. The van der Waals surface area contributed by atoms with Gasteiger partial charge in [-0.3, -0.25) is 9.59 Å². The van der Waals surface area contributed by atoms with Crippen LogP contribution in [0.4, 0.5) is 17.1 Å². The molecule has 0 bridgehead atoms. The molecule has 2 aromatic carbocycles. The molecule has 0 aromatic heterocycles. The first-order valence-electron chi connectivity index (χ1n) is 10.7. The zero-order valence-corrected chi connectivity index (χ0v) is 17.9. The molecular formula is C24H30N4O2. The summed E-state index contributed by atoms with van der Waals surface area (Å²) in [7, 11) is 2.15. The zero-order valence-electron chi connectivity index (χ0n) is 17.9. The number of nitrogens with zero attached hydrogens (tertiary/aromatic N) is 3. The molecular weight excluding hydrogens is 376 g/mol. The molecule has 6 heteroatoms. The van der Waals surface area contributed by atoms with E-state index >= 15 is 0 Å². The number of anilines is 3. The molecule has 0 unspecified atom stereocenters. The Labute approximate surface area is 178 Å². The Hall–Kier alpha value is -2.86. The minimum Gasteiger partial charge on any atom is -0.369 e. The SMILES string of the molecule is Cc1cc(N2CCN(C)CC2)ccc1NC(=O)Cc1ccc(N2CCCC2=O)cc1. The molecule has 2 aliphatic heterocycles. The van der Waals surface area contributed by atoms with Gasteiger partial charge in [-0.15, -0.1) is 0 Å². The van der Waals surface area contributed by atoms with Crippen molar-refractivity contribution in [2.75, 3.05) is 54.9 Å². The van der Waals surface area contributed by atoms with Crippen LogP contribution in [0.5, 0.6) is 0 Å². The fourth-order valence-corrected chi connectivity index (χ4v) is 4.14. The van der Waals surface area contributed by atoms with Crippen molar-refractivity contribution in [3.63, 3.8) is 0 Å². The van der Waals surface area contributed by atoms with Gasteiger partial charge >= 0.3 is 0 Å². The van der Waals surface area contributed by atoms with Gasteiger partial charge < -0.3 is 20.0 Å². The second-order valence-electron chi connectivity index (χ2n) is 8.33. The van der Waals surface area contributed by atoms with Crippen molar-refractivity contribution in [3.8, 4) is 0 Å². The lowest BCUT2D eigenvalue weighted by Crippen LogP contribution is -2.44. The van der Waals surface area contributed by atoms with Gasteiger partial charge in [-0.25, -0.2) is 0 Å². The molecule has 4 rings (SSSR count). The third-order valence-corrected chi connectivity index (χ3v) is 6.04. The molecule has 2 aromatic rings. The summed E-state index contributed by atoms with van der Waals surface area (Å²) < 4.78 is 0. The van der Waals surface area contributed by atoms with Crippen LogP contribution in [0.2, 0.25) is 0 Å². The monoisotopic (exact) mass is 406 g/mol. The second-order valence-corrected chi connectivity index (χ2v) is 8.33. The normalized spacial score (nSPS) is 17.5. The molecule has 6 nitrogen and oxygen atoms in total. The highest BCUT2D eigenvalue weighted by Crippen LogP contribution is 2.25. The van der Waals surface area contributed by atoms with E-state index in [1.54, 1.807) is 0 Å². The number of likely N-dealkylation sites (N-methyl/N-ethyl adjacent to an activating group) is 1. The average Bonchev–Trinajstić information content (AvgIpc) is 3.16. The summed E-state index contributed by atoms with van der Waals surface area (Å²) in [5, 5.41) is 3.04. The van der Waals surface area contributed by atoms with Crippen LogP contribution in [0.1, 0.15) is 24.0 Å². The Balaban J connectivity index is 1.35. The Morgan fingerprint density at radius 3 is 2.30 bits per heavy atom. The Morgan fingerprint density at radius 1 is 0.967 bits per heavy atom. The fraction of sp³-hybridized carbons (Fsp3) is 0.417. The summed E-state index contributed by atoms with van der Waals surface area (Å²) in [5.74, 6) is 0.145. The van der Waals surface area contributed by atoms with Crippen LogP contribution >= 0.6 is 0 Å². The van der Waals surface area contributed by atoms with E-state index < -0.39 is 0 Å². The van der Waals surface area contributed by atoms with Crippen LogP contribution in [0, 0.1) is 6.92 Å². The Kier molecular flexibility index (Phi) is 6.04. The van der Waals surface area contributed by atoms with Crippen LogP contribution < -0.4 is 15.1 Å². The van der Waals surface area contributed by atoms with Crippen molar-refractivity contribution in [3.05, 3.63) is 53.6 Å². The van der Waals surface area contributed by atoms with Crippen LogP contribution in [0.25, 0.3) is 0 Å². The van der Waals surface area contributed by atoms with Crippen LogP contribution in [0.3, 0.4) is 0 Å². The molecule has 0 saturated carbocycles. The van der Waals surface area contributed by atoms with Gasteiger partial charge in [0.2, 0.25) is 11.8 Å². The number of piperazine rings is 1. The lowest BCUT2D eigenvalue weighted by atomic mass is 10.1. The van der Waals surface area contributed by atoms with E-state index in [-0.39, 0.29) is 11.8 Å². The molecule has 0 radical (unpaired) electrons. The van der Waals surface area contributed by atoms with Crippen molar-refractivity contribution in [1.82, 2.24) is 4.90 Å². The maximum Gasteiger partial charge on any atom is 0.228 e. The molecule has 1 N–H and O–H groups in total. The van der Waals surface area contributed by atoms with E-state index in [4.69, 9.17) is 0 Å². The highest BCUT2D eigenvalue weighted by atomic mass is 16.2.